The highest BCUT2D eigenvalue weighted by atomic mass is 16.5. The van der Waals surface area contributed by atoms with E-state index in [9.17, 15) is 25.5 Å². The number of aliphatic imine (C=N–C) groups is 1. The number of benzene rings is 2. The number of phenols is 1. The van der Waals surface area contributed by atoms with Crippen molar-refractivity contribution in [3.63, 3.8) is 0 Å². The Labute approximate surface area is 375 Å². The number of aliphatic hydroxyl groups is 6. The van der Waals surface area contributed by atoms with Crippen molar-refractivity contribution in [1.82, 2.24) is 5.32 Å². The van der Waals surface area contributed by atoms with E-state index in [-0.39, 0.29) is 37.0 Å². The molecule has 2 aliphatic heterocycles. The summed E-state index contributed by atoms with van der Waals surface area (Å²) in [6.07, 6.45) is 25.7. The molecule has 8 rings (SSSR count). The summed E-state index contributed by atoms with van der Waals surface area (Å²) in [6, 6.07) is 13.5. The van der Waals surface area contributed by atoms with Gasteiger partial charge in [-0.2, -0.15) is 0 Å². The molecule has 0 amide bonds. The minimum atomic E-state index is -0.937. The first-order valence-electron chi connectivity index (χ1n) is 24.4. The van der Waals surface area contributed by atoms with Gasteiger partial charge >= 0.3 is 0 Å². The first-order chi connectivity index (χ1) is 30.6. The van der Waals surface area contributed by atoms with Crippen molar-refractivity contribution in [2.24, 2.45) is 39.8 Å². The summed E-state index contributed by atoms with van der Waals surface area (Å²) in [5, 5.41) is 56.9. The zero-order valence-corrected chi connectivity index (χ0v) is 37.5. The fourth-order valence-electron chi connectivity index (χ4n) is 12.2. The molecule has 9 atom stereocenters. The van der Waals surface area contributed by atoms with E-state index in [0.29, 0.717) is 54.0 Å². The van der Waals surface area contributed by atoms with Gasteiger partial charge in [0.1, 0.15) is 30.4 Å². The highest BCUT2D eigenvalue weighted by Crippen LogP contribution is 2.61. The molecule has 3 saturated carbocycles. The van der Waals surface area contributed by atoms with Crippen LogP contribution in [0.4, 0.5) is 0 Å². The van der Waals surface area contributed by atoms with Gasteiger partial charge in [0.25, 0.3) is 0 Å². The van der Waals surface area contributed by atoms with Crippen molar-refractivity contribution < 1.29 is 35.0 Å². The number of rotatable bonds is 21. The third-order valence-electron chi connectivity index (χ3n) is 15.4. The molecule has 1 unspecified atom stereocenters. The third-order valence-corrected chi connectivity index (χ3v) is 15.4. The molecule has 9 N–H and O–H groups in total. The molecular weight excluding hydrogens is 791 g/mol. The number of ether oxygens (including phenoxy) is 2. The van der Waals surface area contributed by atoms with Gasteiger partial charge in [-0.1, -0.05) is 81.0 Å². The van der Waals surface area contributed by atoms with Crippen LogP contribution in [0.2, 0.25) is 0 Å². The number of phenolic OH excluding ortho intramolecular Hbond substituents is 1. The highest BCUT2D eigenvalue weighted by molar-refractivity contribution is 6.03. The van der Waals surface area contributed by atoms with Gasteiger partial charge in [-0.25, -0.2) is 0 Å². The first-order valence-corrected chi connectivity index (χ1v) is 24.4. The summed E-state index contributed by atoms with van der Waals surface area (Å²) < 4.78 is 11.1. The molecule has 342 valence electrons. The number of allylic oxidation sites excluding steroid dienone is 1. The molecule has 0 saturated heterocycles. The van der Waals surface area contributed by atoms with E-state index in [2.05, 4.69) is 23.5 Å². The fourth-order valence-corrected chi connectivity index (χ4v) is 12.2. The Hall–Kier alpha value is -3.61. The Morgan fingerprint density at radius 3 is 2.71 bits per heavy atom. The molecule has 6 aliphatic rings. The number of aryl methyl sites for hydroxylation is 1. The molecule has 10 heteroatoms. The fraction of sp³-hybridized carbons (Fsp3) is 0.604. The number of aliphatic hydroxyl groups excluding tert-OH is 4. The van der Waals surface area contributed by atoms with Crippen molar-refractivity contribution in [3.8, 4) is 11.5 Å². The second-order valence-corrected chi connectivity index (χ2v) is 19.9. The first kappa shape index (κ1) is 45.9. The van der Waals surface area contributed by atoms with E-state index in [0.717, 1.165) is 92.0 Å². The zero-order valence-electron chi connectivity index (χ0n) is 37.5. The Bertz CT molecular complexity index is 1950. The maximum atomic E-state index is 11.5. The van der Waals surface area contributed by atoms with E-state index in [1.54, 1.807) is 6.07 Å². The topological polar surface area (TPSA) is 174 Å². The lowest BCUT2D eigenvalue weighted by atomic mass is 9.66. The van der Waals surface area contributed by atoms with Gasteiger partial charge in [0.2, 0.25) is 5.70 Å². The van der Waals surface area contributed by atoms with Crippen LogP contribution in [-0.4, -0.2) is 86.6 Å². The smallest absolute Gasteiger partial charge is 0.208 e. The lowest BCUT2D eigenvalue weighted by Crippen LogP contribution is -2.38. The molecule has 2 heterocycles. The maximum Gasteiger partial charge on any atom is 0.208 e. The van der Waals surface area contributed by atoms with E-state index in [4.69, 9.17) is 20.2 Å². The van der Waals surface area contributed by atoms with Gasteiger partial charge in [0.05, 0.1) is 24.2 Å². The van der Waals surface area contributed by atoms with Crippen molar-refractivity contribution in [2.45, 2.75) is 147 Å². The van der Waals surface area contributed by atoms with E-state index in [1.165, 1.54) is 50.9 Å². The number of fused-ring (bicyclic) bond motifs is 4. The number of nitrogens with one attached hydrogen (secondary N) is 1. The maximum absolute atomic E-state index is 11.5. The van der Waals surface area contributed by atoms with Crippen LogP contribution in [0.15, 0.2) is 77.0 Å². The van der Waals surface area contributed by atoms with Gasteiger partial charge < -0.3 is 46.1 Å². The lowest BCUT2D eigenvalue weighted by Gasteiger charge is -2.37. The van der Waals surface area contributed by atoms with Crippen LogP contribution < -0.4 is 15.8 Å². The van der Waals surface area contributed by atoms with E-state index >= 15 is 0 Å². The van der Waals surface area contributed by atoms with Crippen LogP contribution in [0.5, 0.6) is 11.5 Å². The summed E-state index contributed by atoms with van der Waals surface area (Å²) >= 11 is 0. The van der Waals surface area contributed by atoms with E-state index in [1.807, 2.05) is 49.4 Å². The van der Waals surface area contributed by atoms with Crippen molar-refractivity contribution in [3.05, 3.63) is 101 Å². The molecular formula is C53H74N3O7+. The molecule has 4 aliphatic carbocycles. The minimum absolute atomic E-state index is 0.00170. The molecule has 1 spiro atoms. The van der Waals surface area contributed by atoms with Gasteiger partial charge in [-0.3, -0.25) is 0 Å². The molecule has 0 radical (unpaired) electrons. The third kappa shape index (κ3) is 10.9. The largest absolute Gasteiger partial charge is 0.504 e. The van der Waals surface area contributed by atoms with Crippen molar-refractivity contribution in [1.29, 1.82) is 0 Å². The quantitative estimate of drug-likeness (QED) is 0.0379. The SMILES string of the molecule is C[C@H](O)CNC[C@@H]1[C+]2C=C([C@@H](O)COc3cc(CC[C-]4C=C(CO)C(CCCCCC[C@H](N)C[C@@H]5C=Cc6ccccc6[C@H]5O)[OH+]4)ccc3O)N=C2CC2(CCCC2)[C@H]2CCC[C@@H]12. The molecule has 0 bridgehead atoms. The number of unbranched alkanes of at least 4 members (excludes halogenated alkanes) is 3. The van der Waals surface area contributed by atoms with Crippen molar-refractivity contribution >= 4 is 11.8 Å². The molecule has 2 aromatic carbocycles. The van der Waals surface area contributed by atoms with Crippen LogP contribution in [0.1, 0.15) is 132 Å². The molecule has 10 nitrogen and oxygen atoms in total. The average Bonchev–Trinajstić information content (AvgIpc) is 4.11. The second-order valence-electron chi connectivity index (χ2n) is 19.9. The van der Waals surface area contributed by atoms with Gasteiger partial charge in [-0.15, -0.1) is 16.6 Å². The number of hydrogen-bond donors (Lipinski definition) is 7. The number of aromatic hydroxyl groups is 1. The average molecular weight is 865 g/mol. The molecule has 0 aromatic heterocycles. The highest BCUT2D eigenvalue weighted by Gasteiger charge is 2.58. The van der Waals surface area contributed by atoms with Crippen LogP contribution in [-0.2, 0) is 6.42 Å². The molecule has 63 heavy (non-hydrogen) atoms. The van der Waals surface area contributed by atoms with Gasteiger partial charge in [0.15, 0.2) is 17.6 Å². The Morgan fingerprint density at radius 1 is 1.06 bits per heavy atom. The Morgan fingerprint density at radius 2 is 1.89 bits per heavy atom. The zero-order chi connectivity index (χ0) is 43.9. The van der Waals surface area contributed by atoms with Crippen LogP contribution in [0.25, 0.3) is 6.08 Å². The summed E-state index contributed by atoms with van der Waals surface area (Å²) in [5.41, 5.74) is 12.6. The second kappa shape index (κ2) is 21.1. The summed E-state index contributed by atoms with van der Waals surface area (Å²) in [5.74, 6) is 3.28. The summed E-state index contributed by atoms with van der Waals surface area (Å²) in [4.78, 5) is 5.14. The van der Waals surface area contributed by atoms with Crippen LogP contribution >= 0.6 is 0 Å². The van der Waals surface area contributed by atoms with Crippen molar-refractivity contribution in [2.75, 3.05) is 26.3 Å². The number of nitrogens with two attached hydrogens (primary N) is 1. The minimum Gasteiger partial charge on any atom is -0.504 e. The Kier molecular flexibility index (Phi) is 15.4. The standard InChI is InChI=1S/C53H73N3O7/c1-34(58)30-55-31-44-42-14-10-15-45(42)53(23-8-9-24-53)29-47-43(44)28-46(56-47)49(60)33-62-51-25-35(18-22-48(51)59)17-21-40-27-38(32-57)50(63-40)16-5-3-2-4-12-39(54)26-37-20-19-36-11-6-7-13-41(36)52(37)61/h6-7,11,13,18-20,22,25,27-28,34,37,39,42,44-45,49-50,52,55,57-58,60-61,63H,2-5,8-10,12,14-17,21,23-24,26,29-33,54H2,1H3/p+1/t34-,37-,39-,42-,44-,45-,49-,50?,52-/m0/s1. The molecule has 2 aromatic rings. The van der Waals surface area contributed by atoms with Gasteiger partial charge in [0, 0.05) is 44.5 Å². The summed E-state index contributed by atoms with van der Waals surface area (Å²) in [7, 11) is 0. The van der Waals surface area contributed by atoms with Crippen LogP contribution in [0.3, 0.4) is 0 Å². The molecule has 3 fully saturated rings. The van der Waals surface area contributed by atoms with E-state index < -0.39 is 18.3 Å². The lowest BCUT2D eigenvalue weighted by molar-refractivity contribution is -0.0552. The van der Waals surface area contributed by atoms with Crippen LogP contribution in [0, 0.1) is 41.1 Å². The number of hydrogen-bond acceptors (Lipinski definition) is 9. The summed E-state index contributed by atoms with van der Waals surface area (Å²) in [6.45, 7) is 3.17. The monoisotopic (exact) mass is 865 g/mol. The normalized spacial score (nSPS) is 27.4. The number of nitrogens with zero attached hydrogens (tertiary/aromatic N) is 1. The van der Waals surface area contributed by atoms with Gasteiger partial charge in [-0.05, 0) is 111 Å². The predicted molar refractivity (Wildman–Crippen MR) is 250 cm³/mol. The predicted octanol–water partition coefficient (Wildman–Crippen LogP) is 7.74. The Balaban J connectivity index is 0.780.